The summed E-state index contributed by atoms with van der Waals surface area (Å²) in [4.78, 5) is 33.1. The molecule has 0 spiro atoms. The zero-order chi connectivity index (χ0) is 24.0. The van der Waals surface area contributed by atoms with Crippen molar-refractivity contribution in [1.29, 1.82) is 0 Å². The number of carbonyl (C=O) groups is 2. The van der Waals surface area contributed by atoms with Crippen molar-refractivity contribution in [1.82, 2.24) is 15.3 Å². The van der Waals surface area contributed by atoms with Crippen molar-refractivity contribution in [2.45, 2.75) is 39.7 Å². The lowest BCUT2D eigenvalue weighted by Crippen LogP contribution is -2.48. The standard InChI is InChI=1S/C24H28N4O5/c1-15-10-18(11-16(2)26-15)32-9-8-24(3,4)28-23(30)22(29)27-17-6-7-19(20(12-17)31-5)21-13-25-14-33-21/h6-7,10-14H,8-9H2,1-5H3,(H,27,29)(H,28,30). The Hall–Kier alpha value is -3.88. The lowest BCUT2D eigenvalue weighted by molar-refractivity contribution is -0.137. The topological polar surface area (TPSA) is 116 Å². The monoisotopic (exact) mass is 452 g/mol. The summed E-state index contributed by atoms with van der Waals surface area (Å²) < 4.78 is 16.5. The number of aryl methyl sites for hydroxylation is 2. The van der Waals surface area contributed by atoms with Crippen molar-refractivity contribution in [2.24, 2.45) is 0 Å². The molecule has 0 aliphatic carbocycles. The number of amides is 2. The summed E-state index contributed by atoms with van der Waals surface area (Å²) in [5.41, 5.74) is 2.19. The zero-order valence-corrected chi connectivity index (χ0v) is 19.4. The summed E-state index contributed by atoms with van der Waals surface area (Å²) in [7, 11) is 1.51. The summed E-state index contributed by atoms with van der Waals surface area (Å²) in [6.45, 7) is 7.84. The third-order valence-corrected chi connectivity index (χ3v) is 4.87. The molecule has 0 aliphatic rings. The van der Waals surface area contributed by atoms with E-state index < -0.39 is 17.4 Å². The maximum absolute atomic E-state index is 12.5. The van der Waals surface area contributed by atoms with Gasteiger partial charge in [-0.15, -0.1) is 0 Å². The Morgan fingerprint density at radius 1 is 1.09 bits per heavy atom. The Labute approximate surface area is 192 Å². The van der Waals surface area contributed by atoms with E-state index in [4.69, 9.17) is 13.9 Å². The Kier molecular flexibility index (Phi) is 7.32. The largest absolute Gasteiger partial charge is 0.496 e. The fourth-order valence-corrected chi connectivity index (χ4v) is 3.24. The summed E-state index contributed by atoms with van der Waals surface area (Å²) in [6.07, 6.45) is 3.39. The molecule has 3 rings (SSSR count). The molecule has 0 atom stereocenters. The average Bonchev–Trinajstić information content (AvgIpc) is 3.27. The predicted molar refractivity (Wildman–Crippen MR) is 123 cm³/mol. The molecule has 0 bridgehead atoms. The SMILES string of the molecule is COc1cc(NC(=O)C(=O)NC(C)(C)CCOc2cc(C)nc(C)c2)ccc1-c1cnco1. The van der Waals surface area contributed by atoms with E-state index in [-0.39, 0.29) is 0 Å². The number of hydrogen-bond acceptors (Lipinski definition) is 7. The van der Waals surface area contributed by atoms with Crippen molar-refractivity contribution >= 4 is 17.5 Å². The lowest BCUT2D eigenvalue weighted by atomic mass is 10.0. The maximum Gasteiger partial charge on any atom is 0.313 e. The van der Waals surface area contributed by atoms with Gasteiger partial charge in [0.05, 0.1) is 25.5 Å². The summed E-state index contributed by atoms with van der Waals surface area (Å²) in [5.74, 6) is 0.211. The second-order valence-electron chi connectivity index (χ2n) is 8.26. The Balaban J connectivity index is 1.55. The highest BCUT2D eigenvalue weighted by Crippen LogP contribution is 2.32. The van der Waals surface area contributed by atoms with Gasteiger partial charge in [0.1, 0.15) is 11.5 Å². The van der Waals surface area contributed by atoms with E-state index in [9.17, 15) is 9.59 Å². The van der Waals surface area contributed by atoms with E-state index >= 15 is 0 Å². The average molecular weight is 453 g/mol. The first-order valence-electron chi connectivity index (χ1n) is 10.5. The third-order valence-electron chi connectivity index (χ3n) is 4.87. The molecule has 9 nitrogen and oxygen atoms in total. The van der Waals surface area contributed by atoms with E-state index in [1.54, 1.807) is 24.4 Å². The number of nitrogens with one attached hydrogen (secondary N) is 2. The highest BCUT2D eigenvalue weighted by Gasteiger charge is 2.25. The van der Waals surface area contributed by atoms with Crippen LogP contribution in [0.5, 0.6) is 11.5 Å². The van der Waals surface area contributed by atoms with Gasteiger partial charge >= 0.3 is 11.8 Å². The summed E-state index contributed by atoms with van der Waals surface area (Å²) >= 11 is 0. The molecule has 9 heteroatoms. The zero-order valence-electron chi connectivity index (χ0n) is 19.4. The number of anilines is 1. The Morgan fingerprint density at radius 2 is 1.82 bits per heavy atom. The second kappa shape index (κ2) is 10.2. The molecule has 0 fully saturated rings. The third kappa shape index (κ3) is 6.55. The van der Waals surface area contributed by atoms with Gasteiger partial charge in [0, 0.05) is 47.2 Å². The van der Waals surface area contributed by atoms with E-state index in [2.05, 4.69) is 20.6 Å². The van der Waals surface area contributed by atoms with Crippen LogP contribution in [0, 0.1) is 13.8 Å². The second-order valence-corrected chi connectivity index (χ2v) is 8.26. The highest BCUT2D eigenvalue weighted by molar-refractivity contribution is 6.39. The summed E-state index contributed by atoms with van der Waals surface area (Å²) in [6, 6.07) is 8.70. The lowest BCUT2D eigenvalue weighted by Gasteiger charge is -2.26. The van der Waals surface area contributed by atoms with Crippen LogP contribution < -0.4 is 20.1 Å². The number of pyridine rings is 1. The first kappa shape index (κ1) is 23.8. The minimum Gasteiger partial charge on any atom is -0.496 e. The van der Waals surface area contributed by atoms with Crippen LogP contribution >= 0.6 is 0 Å². The number of benzene rings is 1. The predicted octanol–water partition coefficient (Wildman–Crippen LogP) is 3.66. The van der Waals surface area contributed by atoms with Gasteiger partial charge < -0.3 is 24.5 Å². The van der Waals surface area contributed by atoms with E-state index in [0.29, 0.717) is 35.8 Å². The fraction of sp³-hybridized carbons (Fsp3) is 0.333. The molecule has 174 valence electrons. The van der Waals surface area contributed by atoms with Crippen LogP contribution in [-0.2, 0) is 9.59 Å². The Morgan fingerprint density at radius 3 is 2.45 bits per heavy atom. The number of oxazole rings is 1. The van der Waals surface area contributed by atoms with Gasteiger partial charge in [0.25, 0.3) is 0 Å². The van der Waals surface area contributed by atoms with Gasteiger partial charge in [-0.2, -0.15) is 0 Å². The molecule has 33 heavy (non-hydrogen) atoms. The van der Waals surface area contributed by atoms with Gasteiger partial charge in [0.15, 0.2) is 12.2 Å². The summed E-state index contributed by atoms with van der Waals surface area (Å²) in [5, 5.41) is 5.34. The maximum atomic E-state index is 12.5. The molecule has 0 aliphatic heterocycles. The molecule has 0 saturated carbocycles. The van der Waals surface area contributed by atoms with Gasteiger partial charge in [0.2, 0.25) is 0 Å². The van der Waals surface area contributed by atoms with Crippen LogP contribution in [0.3, 0.4) is 0 Å². The molecule has 3 aromatic rings. The number of ether oxygens (including phenoxy) is 2. The minimum absolute atomic E-state index is 0.373. The molecule has 0 saturated heterocycles. The van der Waals surface area contributed by atoms with E-state index in [1.165, 1.54) is 13.5 Å². The Bertz CT molecular complexity index is 1110. The van der Waals surface area contributed by atoms with E-state index in [1.807, 2.05) is 39.8 Å². The van der Waals surface area contributed by atoms with Crippen LogP contribution in [0.25, 0.3) is 11.3 Å². The van der Waals surface area contributed by atoms with Crippen LogP contribution in [-0.4, -0.2) is 41.0 Å². The van der Waals surface area contributed by atoms with Crippen molar-refractivity contribution in [2.75, 3.05) is 19.0 Å². The number of aromatic nitrogens is 2. The van der Waals surface area contributed by atoms with Crippen molar-refractivity contribution in [3.8, 4) is 22.8 Å². The van der Waals surface area contributed by atoms with Crippen molar-refractivity contribution in [3.63, 3.8) is 0 Å². The molecular formula is C24H28N4O5. The first-order chi connectivity index (χ1) is 15.7. The smallest absolute Gasteiger partial charge is 0.313 e. The fourth-order valence-electron chi connectivity index (χ4n) is 3.24. The van der Waals surface area contributed by atoms with Crippen LogP contribution in [0.2, 0.25) is 0 Å². The van der Waals surface area contributed by atoms with Gasteiger partial charge in [-0.05, 0) is 39.8 Å². The van der Waals surface area contributed by atoms with Crippen LogP contribution in [0.1, 0.15) is 31.7 Å². The number of methoxy groups -OCH3 is 1. The first-order valence-corrected chi connectivity index (χ1v) is 10.5. The molecule has 2 amide bonds. The molecule has 0 radical (unpaired) electrons. The molecular weight excluding hydrogens is 424 g/mol. The number of rotatable bonds is 8. The number of hydrogen-bond donors (Lipinski definition) is 2. The van der Waals surface area contributed by atoms with Crippen molar-refractivity contribution in [3.05, 3.63) is 54.3 Å². The molecule has 0 unspecified atom stereocenters. The molecule has 1 aromatic carbocycles. The van der Waals surface area contributed by atoms with Crippen LogP contribution in [0.15, 0.2) is 47.3 Å². The van der Waals surface area contributed by atoms with Crippen molar-refractivity contribution < 1.29 is 23.5 Å². The molecule has 2 N–H and O–H groups in total. The van der Waals surface area contributed by atoms with Gasteiger partial charge in [-0.25, -0.2) is 4.98 Å². The molecule has 2 aromatic heterocycles. The van der Waals surface area contributed by atoms with Crippen LogP contribution in [0.4, 0.5) is 5.69 Å². The number of nitrogens with zero attached hydrogens (tertiary/aromatic N) is 2. The highest BCUT2D eigenvalue weighted by atomic mass is 16.5. The molecule has 2 heterocycles. The minimum atomic E-state index is -0.779. The van der Waals surface area contributed by atoms with E-state index in [0.717, 1.165) is 17.1 Å². The van der Waals surface area contributed by atoms with Gasteiger partial charge in [-0.3, -0.25) is 14.6 Å². The number of carbonyl (C=O) groups excluding carboxylic acids is 2. The van der Waals surface area contributed by atoms with Gasteiger partial charge in [-0.1, -0.05) is 0 Å². The normalized spacial score (nSPS) is 11.1. The quantitative estimate of drug-likeness (QED) is 0.501.